The molecular formula is C14H18ClN3O. The topological polar surface area (TPSA) is 39.9 Å². The van der Waals surface area contributed by atoms with Gasteiger partial charge in [0.25, 0.3) is 0 Å². The van der Waals surface area contributed by atoms with Crippen molar-refractivity contribution in [3.05, 3.63) is 30.1 Å². The summed E-state index contributed by atoms with van der Waals surface area (Å²) in [7, 11) is 1.88. The van der Waals surface area contributed by atoms with Crippen LogP contribution >= 0.6 is 11.6 Å². The van der Waals surface area contributed by atoms with Crippen LogP contribution in [0.25, 0.3) is 5.57 Å². The Kier molecular flexibility index (Phi) is 3.71. The molecule has 5 heteroatoms. The molecule has 2 unspecified atom stereocenters. The van der Waals surface area contributed by atoms with E-state index in [0.717, 1.165) is 24.3 Å². The van der Waals surface area contributed by atoms with Gasteiger partial charge < -0.3 is 4.74 Å². The summed E-state index contributed by atoms with van der Waals surface area (Å²) in [5.74, 6) is 1.48. The van der Waals surface area contributed by atoms with E-state index < -0.39 is 0 Å². The van der Waals surface area contributed by atoms with Crippen LogP contribution in [-0.4, -0.2) is 33.6 Å². The molecule has 19 heavy (non-hydrogen) atoms. The van der Waals surface area contributed by atoms with Crippen LogP contribution in [0.4, 0.5) is 0 Å². The second-order valence-corrected chi connectivity index (χ2v) is 5.57. The van der Waals surface area contributed by atoms with E-state index in [2.05, 4.69) is 28.5 Å². The van der Waals surface area contributed by atoms with Gasteiger partial charge in [-0.15, -0.1) is 16.7 Å². The molecule has 0 aromatic carbocycles. The van der Waals surface area contributed by atoms with Crippen molar-refractivity contribution >= 4 is 17.2 Å². The maximum atomic E-state index is 6.06. The molecule has 1 aliphatic heterocycles. The minimum absolute atomic E-state index is 0.395. The molecule has 2 heterocycles. The molecule has 1 fully saturated rings. The van der Waals surface area contributed by atoms with Gasteiger partial charge in [-0.05, 0) is 30.3 Å². The quantitative estimate of drug-likeness (QED) is 0.795. The van der Waals surface area contributed by atoms with Crippen molar-refractivity contribution in [2.45, 2.75) is 18.9 Å². The number of hydrogen-bond donors (Lipinski definition) is 0. The number of ether oxygens (including phenoxy) is 1. The molecule has 1 saturated heterocycles. The second kappa shape index (κ2) is 5.47. The summed E-state index contributed by atoms with van der Waals surface area (Å²) >= 11 is 6.06. The molecule has 0 radical (unpaired) electrons. The zero-order valence-electron chi connectivity index (χ0n) is 11.0. The SMILES string of the molecule is Cn1cc(C2=C[C@H](CC3CCO3)C(CCl)C=C2)nn1. The van der Waals surface area contributed by atoms with Gasteiger partial charge in [0.1, 0.15) is 5.69 Å². The van der Waals surface area contributed by atoms with Crippen molar-refractivity contribution in [1.29, 1.82) is 0 Å². The van der Waals surface area contributed by atoms with Crippen molar-refractivity contribution in [2.24, 2.45) is 18.9 Å². The van der Waals surface area contributed by atoms with Crippen LogP contribution in [0.3, 0.4) is 0 Å². The number of alkyl halides is 1. The van der Waals surface area contributed by atoms with E-state index in [-0.39, 0.29) is 0 Å². The third-order valence-electron chi connectivity index (χ3n) is 3.87. The van der Waals surface area contributed by atoms with E-state index in [9.17, 15) is 0 Å². The molecule has 0 spiro atoms. The van der Waals surface area contributed by atoms with Gasteiger partial charge in [-0.25, -0.2) is 0 Å². The third-order valence-corrected chi connectivity index (χ3v) is 4.23. The van der Waals surface area contributed by atoms with Crippen LogP contribution in [0, 0.1) is 11.8 Å². The van der Waals surface area contributed by atoms with Crippen molar-refractivity contribution in [1.82, 2.24) is 15.0 Å². The molecule has 0 bridgehead atoms. The van der Waals surface area contributed by atoms with Gasteiger partial charge in [-0.2, -0.15) is 0 Å². The van der Waals surface area contributed by atoms with Crippen LogP contribution in [0.2, 0.25) is 0 Å². The predicted molar refractivity (Wildman–Crippen MR) is 74.8 cm³/mol. The molecule has 2 aliphatic rings. The van der Waals surface area contributed by atoms with E-state index in [0.29, 0.717) is 23.8 Å². The highest BCUT2D eigenvalue weighted by atomic mass is 35.5. The van der Waals surface area contributed by atoms with Crippen molar-refractivity contribution in [3.8, 4) is 0 Å². The number of rotatable bonds is 4. The number of nitrogens with zero attached hydrogens (tertiary/aromatic N) is 3. The fraction of sp³-hybridized carbons (Fsp3) is 0.571. The lowest BCUT2D eigenvalue weighted by atomic mass is 9.81. The summed E-state index contributed by atoms with van der Waals surface area (Å²) in [4.78, 5) is 0. The summed E-state index contributed by atoms with van der Waals surface area (Å²) < 4.78 is 7.27. The zero-order valence-corrected chi connectivity index (χ0v) is 11.8. The highest BCUT2D eigenvalue weighted by Crippen LogP contribution is 2.33. The largest absolute Gasteiger partial charge is 0.378 e. The zero-order chi connectivity index (χ0) is 13.2. The summed E-state index contributed by atoms with van der Waals surface area (Å²) in [5, 5.41) is 8.15. The molecular weight excluding hydrogens is 262 g/mol. The van der Waals surface area contributed by atoms with Gasteiger partial charge in [0.05, 0.1) is 12.3 Å². The standard InChI is InChI=1S/C14H18ClN3O/c1-18-9-14(16-17-18)10-2-3-11(8-15)12(6-10)7-13-4-5-19-13/h2-3,6,9,11-13H,4-5,7-8H2,1H3/t11?,12-,13?/m1/s1. The third kappa shape index (κ3) is 2.74. The highest BCUT2D eigenvalue weighted by molar-refractivity contribution is 6.18. The molecule has 3 rings (SSSR count). The molecule has 1 aromatic heterocycles. The first kappa shape index (κ1) is 12.9. The minimum atomic E-state index is 0.395. The molecule has 1 aromatic rings. The Morgan fingerprint density at radius 1 is 1.47 bits per heavy atom. The van der Waals surface area contributed by atoms with Gasteiger partial charge in [-0.1, -0.05) is 23.4 Å². The number of aryl methyl sites for hydroxylation is 1. The van der Waals surface area contributed by atoms with Gasteiger partial charge in [0.15, 0.2) is 0 Å². The number of aromatic nitrogens is 3. The van der Waals surface area contributed by atoms with Crippen LogP contribution in [0.15, 0.2) is 24.4 Å². The molecule has 3 atom stereocenters. The second-order valence-electron chi connectivity index (χ2n) is 5.26. The van der Waals surface area contributed by atoms with Crippen molar-refractivity contribution in [3.63, 3.8) is 0 Å². The van der Waals surface area contributed by atoms with Crippen LogP contribution < -0.4 is 0 Å². The van der Waals surface area contributed by atoms with Crippen molar-refractivity contribution in [2.75, 3.05) is 12.5 Å². The lowest BCUT2D eigenvalue weighted by molar-refractivity contribution is -0.0617. The van der Waals surface area contributed by atoms with Crippen molar-refractivity contribution < 1.29 is 4.74 Å². The van der Waals surface area contributed by atoms with Gasteiger partial charge >= 0.3 is 0 Å². The van der Waals surface area contributed by atoms with Crippen LogP contribution in [0.5, 0.6) is 0 Å². The molecule has 0 saturated carbocycles. The summed E-state index contributed by atoms with van der Waals surface area (Å²) in [6.45, 7) is 0.902. The highest BCUT2D eigenvalue weighted by Gasteiger charge is 2.28. The molecule has 1 aliphatic carbocycles. The Hall–Kier alpha value is -1.13. The number of allylic oxidation sites excluding steroid dienone is 4. The maximum absolute atomic E-state index is 6.06. The number of hydrogen-bond acceptors (Lipinski definition) is 3. The molecule has 0 amide bonds. The monoisotopic (exact) mass is 279 g/mol. The summed E-state index contributed by atoms with van der Waals surface area (Å²) in [5.41, 5.74) is 2.06. The lowest BCUT2D eigenvalue weighted by Crippen LogP contribution is -2.31. The van der Waals surface area contributed by atoms with E-state index in [1.54, 1.807) is 4.68 Å². The fourth-order valence-corrected chi connectivity index (χ4v) is 2.94. The fourth-order valence-electron chi connectivity index (χ4n) is 2.61. The van der Waals surface area contributed by atoms with E-state index >= 15 is 0 Å². The van der Waals surface area contributed by atoms with Crippen LogP contribution in [-0.2, 0) is 11.8 Å². The number of halogens is 1. The molecule has 102 valence electrons. The van der Waals surface area contributed by atoms with E-state index in [4.69, 9.17) is 16.3 Å². The van der Waals surface area contributed by atoms with E-state index in [1.165, 1.54) is 6.42 Å². The first-order chi connectivity index (χ1) is 9.26. The normalized spacial score (nSPS) is 30.0. The first-order valence-corrected chi connectivity index (χ1v) is 7.24. The van der Waals surface area contributed by atoms with Crippen LogP contribution in [0.1, 0.15) is 18.5 Å². The first-order valence-electron chi connectivity index (χ1n) is 6.70. The molecule has 4 nitrogen and oxygen atoms in total. The Balaban J connectivity index is 1.78. The van der Waals surface area contributed by atoms with E-state index in [1.807, 2.05) is 13.2 Å². The van der Waals surface area contributed by atoms with Gasteiger partial charge in [0.2, 0.25) is 0 Å². The van der Waals surface area contributed by atoms with Gasteiger partial charge in [0, 0.05) is 19.5 Å². The Labute approximate surface area is 118 Å². The maximum Gasteiger partial charge on any atom is 0.112 e. The summed E-state index contributed by atoms with van der Waals surface area (Å²) in [6, 6.07) is 0. The lowest BCUT2D eigenvalue weighted by Gasteiger charge is -2.32. The molecule has 0 N–H and O–H groups in total. The smallest absolute Gasteiger partial charge is 0.112 e. The minimum Gasteiger partial charge on any atom is -0.378 e. The Morgan fingerprint density at radius 3 is 2.89 bits per heavy atom. The van der Waals surface area contributed by atoms with Gasteiger partial charge in [-0.3, -0.25) is 4.68 Å². The summed E-state index contributed by atoms with van der Waals surface area (Å²) in [6.07, 6.45) is 11.1. The Morgan fingerprint density at radius 2 is 2.32 bits per heavy atom. The average molecular weight is 280 g/mol. The average Bonchev–Trinajstić information content (AvgIpc) is 2.80. The predicted octanol–water partition coefficient (Wildman–Crippen LogP) is 2.42. The Bertz CT molecular complexity index is 505.